The molecule has 2 aromatic rings. The van der Waals surface area contributed by atoms with Crippen LogP contribution >= 0.6 is 0 Å². The molecule has 4 rings (SSSR count). The summed E-state index contributed by atoms with van der Waals surface area (Å²) < 4.78 is 38.1. The average Bonchev–Trinajstić information content (AvgIpc) is 2.91. The van der Waals surface area contributed by atoms with Gasteiger partial charge in [0.1, 0.15) is 25.8 Å². The summed E-state index contributed by atoms with van der Waals surface area (Å²) in [4.78, 5) is 28.9. The first-order chi connectivity index (χ1) is 18.7. The second kappa shape index (κ2) is 12.7. The van der Waals surface area contributed by atoms with Gasteiger partial charge in [0.15, 0.2) is 11.5 Å². The molecule has 1 atom stereocenters. The molecule has 2 amide bonds. The Balaban J connectivity index is 1.62. The van der Waals surface area contributed by atoms with Crippen LogP contribution in [0.25, 0.3) is 0 Å². The van der Waals surface area contributed by atoms with Crippen LogP contribution in [0.3, 0.4) is 0 Å². The normalized spacial score (nSPS) is 16.3. The van der Waals surface area contributed by atoms with Crippen molar-refractivity contribution in [1.29, 1.82) is 0 Å². The number of benzene rings is 2. The monoisotopic (exact) mass is 557 g/mol. The molecule has 1 heterocycles. The summed E-state index contributed by atoms with van der Waals surface area (Å²) in [5.41, 5.74) is 2.21. The molecule has 1 saturated carbocycles. The van der Waals surface area contributed by atoms with Crippen LogP contribution < -0.4 is 19.1 Å². The van der Waals surface area contributed by atoms with Crippen molar-refractivity contribution in [1.82, 2.24) is 10.2 Å². The molecular formula is C29H39N3O6S. The Bertz CT molecular complexity index is 1280. The van der Waals surface area contributed by atoms with Gasteiger partial charge in [-0.2, -0.15) is 0 Å². The minimum absolute atomic E-state index is 0.0986. The highest BCUT2D eigenvalue weighted by Crippen LogP contribution is 2.34. The van der Waals surface area contributed by atoms with Crippen LogP contribution in [-0.4, -0.2) is 63.2 Å². The molecule has 0 aromatic heterocycles. The fourth-order valence-corrected chi connectivity index (χ4v) is 6.11. The van der Waals surface area contributed by atoms with Gasteiger partial charge < -0.3 is 19.7 Å². The van der Waals surface area contributed by atoms with E-state index >= 15 is 0 Å². The number of carbonyl (C=O) groups is 2. The Morgan fingerprint density at radius 3 is 2.41 bits per heavy atom. The van der Waals surface area contributed by atoms with Crippen LogP contribution in [0.4, 0.5) is 5.69 Å². The molecule has 1 aliphatic carbocycles. The Morgan fingerprint density at radius 2 is 1.74 bits per heavy atom. The molecule has 2 aliphatic rings. The first-order valence-electron chi connectivity index (χ1n) is 13.7. The van der Waals surface area contributed by atoms with E-state index in [0.717, 1.165) is 47.4 Å². The lowest BCUT2D eigenvalue weighted by Gasteiger charge is -2.34. The van der Waals surface area contributed by atoms with Crippen LogP contribution in [0.2, 0.25) is 0 Å². The zero-order valence-electron chi connectivity index (χ0n) is 23.0. The first kappa shape index (κ1) is 28.7. The van der Waals surface area contributed by atoms with Crippen molar-refractivity contribution in [2.45, 2.75) is 71.0 Å². The molecule has 2 aromatic carbocycles. The molecular weight excluding hydrogens is 518 g/mol. The van der Waals surface area contributed by atoms with Crippen molar-refractivity contribution in [3.63, 3.8) is 0 Å². The van der Waals surface area contributed by atoms with Gasteiger partial charge in [0.25, 0.3) is 0 Å². The fourth-order valence-electron chi connectivity index (χ4n) is 5.27. The van der Waals surface area contributed by atoms with Gasteiger partial charge in [-0.1, -0.05) is 56.0 Å². The number of rotatable bonds is 10. The van der Waals surface area contributed by atoms with E-state index in [9.17, 15) is 18.0 Å². The van der Waals surface area contributed by atoms with E-state index < -0.39 is 28.5 Å². The van der Waals surface area contributed by atoms with Gasteiger partial charge in [0.2, 0.25) is 21.8 Å². The fraction of sp³-hybridized carbons (Fsp3) is 0.517. The van der Waals surface area contributed by atoms with Crippen molar-refractivity contribution < 1.29 is 27.5 Å². The van der Waals surface area contributed by atoms with Gasteiger partial charge in [0.05, 0.1) is 11.9 Å². The summed E-state index contributed by atoms with van der Waals surface area (Å²) in [6, 6.07) is 11.9. The zero-order chi connectivity index (χ0) is 28.0. The standard InChI is InChI=1S/C29H39N3O6S/c1-4-25(29(34)30-23-11-6-5-7-12-23)31(19-22-10-8-9-21(2)17-22)28(33)20-32(39(3,35)36)24-13-14-26-27(18-24)38-16-15-37-26/h8-10,13-14,17-18,23,25H,4-7,11-12,15-16,19-20H2,1-3H3,(H,30,34). The third-order valence-electron chi connectivity index (χ3n) is 7.27. The quantitative estimate of drug-likeness (QED) is 0.477. The lowest BCUT2D eigenvalue weighted by molar-refractivity contribution is -0.140. The molecule has 0 bridgehead atoms. The number of anilines is 1. The molecule has 0 spiro atoms. The smallest absolute Gasteiger partial charge is 0.244 e. The summed E-state index contributed by atoms with van der Waals surface area (Å²) in [7, 11) is -3.84. The first-order valence-corrected chi connectivity index (χ1v) is 15.5. The highest BCUT2D eigenvalue weighted by atomic mass is 32.2. The van der Waals surface area contributed by atoms with Gasteiger partial charge >= 0.3 is 0 Å². The minimum atomic E-state index is -3.84. The Kier molecular flexibility index (Phi) is 9.37. The number of carbonyl (C=O) groups excluding carboxylic acids is 2. The van der Waals surface area contributed by atoms with Crippen LogP contribution in [0, 0.1) is 6.92 Å². The topological polar surface area (TPSA) is 105 Å². The number of hydrogen-bond acceptors (Lipinski definition) is 6. The second-order valence-electron chi connectivity index (χ2n) is 10.4. The average molecular weight is 558 g/mol. The number of nitrogens with one attached hydrogen (secondary N) is 1. The Labute approximate surface area is 231 Å². The summed E-state index contributed by atoms with van der Waals surface area (Å²) >= 11 is 0. The van der Waals surface area contributed by atoms with E-state index in [4.69, 9.17) is 9.47 Å². The van der Waals surface area contributed by atoms with E-state index in [1.807, 2.05) is 38.1 Å². The predicted octanol–water partition coefficient (Wildman–Crippen LogP) is 3.79. The number of sulfonamides is 1. The molecule has 212 valence electrons. The maximum absolute atomic E-state index is 13.9. The third-order valence-corrected chi connectivity index (χ3v) is 8.41. The molecule has 0 radical (unpaired) electrons. The Morgan fingerprint density at radius 1 is 1.03 bits per heavy atom. The van der Waals surface area contributed by atoms with Crippen LogP contribution in [0.15, 0.2) is 42.5 Å². The highest BCUT2D eigenvalue weighted by Gasteiger charge is 2.33. The lowest BCUT2D eigenvalue weighted by Crippen LogP contribution is -2.53. The number of amides is 2. The molecule has 39 heavy (non-hydrogen) atoms. The molecule has 9 nitrogen and oxygen atoms in total. The van der Waals surface area contributed by atoms with Crippen molar-refractivity contribution in [3.05, 3.63) is 53.6 Å². The van der Waals surface area contributed by atoms with Crippen LogP contribution in [0.1, 0.15) is 56.6 Å². The maximum Gasteiger partial charge on any atom is 0.244 e. The molecule has 1 unspecified atom stereocenters. The van der Waals surface area contributed by atoms with Crippen molar-refractivity contribution in [2.75, 3.05) is 30.3 Å². The number of aryl methyl sites for hydroxylation is 1. The summed E-state index contributed by atoms with van der Waals surface area (Å²) in [6.07, 6.45) is 6.65. The number of ether oxygens (including phenoxy) is 2. The number of nitrogens with zero attached hydrogens (tertiary/aromatic N) is 2. The predicted molar refractivity (Wildman–Crippen MR) is 150 cm³/mol. The summed E-state index contributed by atoms with van der Waals surface area (Å²) in [6.45, 7) is 4.35. The van der Waals surface area contributed by atoms with Gasteiger partial charge in [0, 0.05) is 18.7 Å². The van der Waals surface area contributed by atoms with E-state index in [2.05, 4.69) is 5.32 Å². The second-order valence-corrected chi connectivity index (χ2v) is 12.3. The van der Waals surface area contributed by atoms with Gasteiger partial charge in [-0.3, -0.25) is 13.9 Å². The van der Waals surface area contributed by atoms with E-state index in [0.29, 0.717) is 36.8 Å². The zero-order valence-corrected chi connectivity index (χ0v) is 23.8. The van der Waals surface area contributed by atoms with Gasteiger partial charge in [-0.25, -0.2) is 8.42 Å². The van der Waals surface area contributed by atoms with Crippen LogP contribution in [0.5, 0.6) is 11.5 Å². The van der Waals surface area contributed by atoms with Crippen molar-refractivity contribution in [3.8, 4) is 11.5 Å². The molecule has 1 N–H and O–H groups in total. The van der Waals surface area contributed by atoms with Gasteiger partial charge in [-0.05, 0) is 43.9 Å². The van der Waals surface area contributed by atoms with E-state index in [-0.39, 0.29) is 18.5 Å². The van der Waals surface area contributed by atoms with Crippen LogP contribution in [-0.2, 0) is 26.2 Å². The minimum Gasteiger partial charge on any atom is -0.486 e. The van der Waals surface area contributed by atoms with E-state index in [1.54, 1.807) is 18.2 Å². The molecule has 1 aliphatic heterocycles. The molecule has 0 saturated heterocycles. The Hall–Kier alpha value is -3.27. The summed E-state index contributed by atoms with van der Waals surface area (Å²) in [5.74, 6) is 0.296. The summed E-state index contributed by atoms with van der Waals surface area (Å²) in [5, 5.41) is 3.16. The maximum atomic E-state index is 13.9. The molecule has 10 heteroatoms. The van der Waals surface area contributed by atoms with Gasteiger partial charge in [-0.15, -0.1) is 0 Å². The SMILES string of the molecule is CCC(C(=O)NC1CCCCC1)N(Cc1cccc(C)c1)C(=O)CN(c1ccc2c(c1)OCCO2)S(C)(=O)=O. The largest absolute Gasteiger partial charge is 0.486 e. The van der Waals surface area contributed by atoms with Crippen molar-refractivity contribution in [2.24, 2.45) is 0 Å². The molecule has 1 fully saturated rings. The third kappa shape index (κ3) is 7.44. The highest BCUT2D eigenvalue weighted by molar-refractivity contribution is 7.92. The lowest BCUT2D eigenvalue weighted by atomic mass is 9.95. The van der Waals surface area contributed by atoms with E-state index in [1.165, 1.54) is 11.3 Å². The number of hydrogen-bond donors (Lipinski definition) is 1. The van der Waals surface area contributed by atoms with Crippen molar-refractivity contribution >= 4 is 27.5 Å². The number of fused-ring (bicyclic) bond motifs is 1.